The van der Waals surface area contributed by atoms with Crippen molar-refractivity contribution in [1.29, 1.82) is 5.26 Å². The van der Waals surface area contributed by atoms with Crippen molar-refractivity contribution in [3.63, 3.8) is 0 Å². The topological polar surface area (TPSA) is 91.8 Å². The molecular weight excluding hydrogens is 372 g/mol. The van der Waals surface area contributed by atoms with E-state index in [4.69, 9.17) is 5.11 Å². The van der Waals surface area contributed by atoms with E-state index in [1.807, 2.05) is 53.1 Å². The van der Waals surface area contributed by atoms with Crippen molar-refractivity contribution in [2.45, 2.75) is 18.0 Å². The molecule has 1 N–H and O–H groups in total. The summed E-state index contributed by atoms with van der Waals surface area (Å²) in [5.41, 5.74) is 3.05. The van der Waals surface area contributed by atoms with E-state index in [-0.39, 0.29) is 6.42 Å². The van der Waals surface area contributed by atoms with Gasteiger partial charge in [-0.2, -0.15) is 5.26 Å². The number of thioether (sulfide) groups is 1. The summed E-state index contributed by atoms with van der Waals surface area (Å²) in [6, 6.07) is 17.6. The minimum absolute atomic E-state index is 0.130. The fourth-order valence-electron chi connectivity index (χ4n) is 3.18. The number of hydrogen-bond donors (Lipinski definition) is 1. The number of aromatic nitrogens is 3. The average molecular weight is 388 g/mol. The largest absolute Gasteiger partial charge is 0.481 e. The van der Waals surface area contributed by atoms with E-state index in [1.54, 1.807) is 6.20 Å². The molecule has 0 radical (unpaired) electrons. The molecule has 7 heteroatoms. The van der Waals surface area contributed by atoms with E-state index in [9.17, 15) is 10.1 Å². The smallest absolute Gasteiger partial charge is 0.303 e. The van der Waals surface area contributed by atoms with Gasteiger partial charge in [0, 0.05) is 29.1 Å². The standard InChI is InChI=1S/C21H16N4O2S/c22-13-14-9-10-17(16-6-2-1-5-15(14)16)25-18-7-3-11-23-20(18)24-21(25)28-12-4-8-19(26)27/h1-3,5-7,9-11H,4,8,12H2,(H,26,27). The molecule has 2 aromatic carbocycles. The lowest BCUT2D eigenvalue weighted by atomic mass is 10.0. The Hall–Kier alpha value is -3.37. The van der Waals surface area contributed by atoms with Crippen molar-refractivity contribution >= 4 is 39.7 Å². The van der Waals surface area contributed by atoms with Crippen molar-refractivity contribution < 1.29 is 9.90 Å². The molecule has 4 rings (SSSR count). The van der Waals surface area contributed by atoms with Gasteiger partial charge in [0.05, 0.1) is 22.8 Å². The summed E-state index contributed by atoms with van der Waals surface area (Å²) in [6.45, 7) is 0. The van der Waals surface area contributed by atoms with Gasteiger partial charge in [0.15, 0.2) is 10.8 Å². The van der Waals surface area contributed by atoms with Gasteiger partial charge in [-0.1, -0.05) is 36.0 Å². The molecule has 0 aliphatic heterocycles. The first-order valence-corrected chi connectivity index (χ1v) is 9.78. The van der Waals surface area contributed by atoms with Crippen LogP contribution in [-0.2, 0) is 4.79 Å². The maximum absolute atomic E-state index is 10.8. The highest BCUT2D eigenvalue weighted by Crippen LogP contribution is 2.32. The van der Waals surface area contributed by atoms with Gasteiger partial charge in [-0.15, -0.1) is 0 Å². The van der Waals surface area contributed by atoms with E-state index in [0.717, 1.165) is 27.1 Å². The number of carboxylic acids is 1. The molecule has 138 valence electrons. The van der Waals surface area contributed by atoms with E-state index in [0.29, 0.717) is 23.4 Å². The zero-order valence-electron chi connectivity index (χ0n) is 14.9. The number of benzene rings is 2. The highest BCUT2D eigenvalue weighted by molar-refractivity contribution is 7.99. The number of aliphatic carboxylic acids is 1. The Bertz CT molecular complexity index is 1230. The summed E-state index contributed by atoms with van der Waals surface area (Å²) in [5, 5.41) is 20.9. The van der Waals surface area contributed by atoms with Gasteiger partial charge >= 0.3 is 5.97 Å². The number of fused-ring (bicyclic) bond motifs is 2. The highest BCUT2D eigenvalue weighted by atomic mass is 32.2. The van der Waals surface area contributed by atoms with Gasteiger partial charge < -0.3 is 5.11 Å². The normalized spacial score (nSPS) is 11.0. The molecule has 0 amide bonds. The minimum Gasteiger partial charge on any atom is -0.481 e. The maximum atomic E-state index is 10.8. The van der Waals surface area contributed by atoms with Crippen molar-refractivity contribution in [3.05, 3.63) is 60.3 Å². The van der Waals surface area contributed by atoms with Crippen molar-refractivity contribution in [2.75, 3.05) is 5.75 Å². The Balaban J connectivity index is 1.86. The molecular formula is C21H16N4O2S. The average Bonchev–Trinajstić information content (AvgIpc) is 3.08. The van der Waals surface area contributed by atoms with Crippen LogP contribution >= 0.6 is 11.8 Å². The van der Waals surface area contributed by atoms with Gasteiger partial charge in [0.25, 0.3) is 0 Å². The molecule has 0 aliphatic rings. The number of imidazole rings is 1. The molecule has 0 bridgehead atoms. The van der Waals surface area contributed by atoms with Gasteiger partial charge in [0.2, 0.25) is 0 Å². The Labute approximate surface area is 165 Å². The molecule has 6 nitrogen and oxygen atoms in total. The fourth-order valence-corrected chi connectivity index (χ4v) is 4.13. The summed E-state index contributed by atoms with van der Waals surface area (Å²) in [7, 11) is 0. The monoisotopic (exact) mass is 388 g/mol. The van der Waals surface area contributed by atoms with Crippen LogP contribution in [-0.4, -0.2) is 31.4 Å². The molecule has 0 spiro atoms. The first-order valence-electron chi connectivity index (χ1n) is 8.79. The summed E-state index contributed by atoms with van der Waals surface area (Å²) >= 11 is 1.51. The van der Waals surface area contributed by atoms with Crippen molar-refractivity contribution in [2.24, 2.45) is 0 Å². The second-order valence-corrected chi connectivity index (χ2v) is 7.27. The zero-order valence-corrected chi connectivity index (χ0v) is 15.7. The van der Waals surface area contributed by atoms with E-state index in [2.05, 4.69) is 16.0 Å². The van der Waals surface area contributed by atoms with E-state index in [1.165, 1.54) is 11.8 Å². The SMILES string of the molecule is N#Cc1ccc(-n2c(SCCCC(=O)O)nc3ncccc32)c2ccccc12. The molecule has 0 atom stereocenters. The molecule has 0 unspecified atom stereocenters. The number of carbonyl (C=O) groups is 1. The van der Waals surface area contributed by atoms with Gasteiger partial charge in [0.1, 0.15) is 0 Å². The number of pyridine rings is 1. The summed E-state index contributed by atoms with van der Waals surface area (Å²) in [6.07, 6.45) is 2.39. The minimum atomic E-state index is -0.797. The van der Waals surface area contributed by atoms with Crippen LogP contribution < -0.4 is 0 Å². The van der Waals surface area contributed by atoms with Crippen LogP contribution in [0, 0.1) is 11.3 Å². The van der Waals surface area contributed by atoms with Crippen LogP contribution in [0.3, 0.4) is 0 Å². The second-order valence-electron chi connectivity index (χ2n) is 6.21. The third-order valence-corrected chi connectivity index (χ3v) is 5.45. The van der Waals surface area contributed by atoms with Crippen molar-refractivity contribution in [3.8, 4) is 11.8 Å². The first-order chi connectivity index (χ1) is 13.7. The van der Waals surface area contributed by atoms with Crippen LogP contribution in [0.1, 0.15) is 18.4 Å². The number of nitrogens with zero attached hydrogens (tertiary/aromatic N) is 4. The van der Waals surface area contributed by atoms with Crippen LogP contribution in [0.2, 0.25) is 0 Å². The lowest BCUT2D eigenvalue weighted by Crippen LogP contribution is -2.00. The number of nitriles is 1. The van der Waals surface area contributed by atoms with Crippen LogP contribution in [0.4, 0.5) is 0 Å². The second kappa shape index (κ2) is 7.71. The molecule has 2 aromatic heterocycles. The zero-order chi connectivity index (χ0) is 19.5. The van der Waals surface area contributed by atoms with E-state index >= 15 is 0 Å². The molecule has 0 saturated carbocycles. The third-order valence-electron chi connectivity index (χ3n) is 4.43. The molecule has 2 heterocycles. The molecule has 0 aliphatic carbocycles. The van der Waals surface area contributed by atoms with Gasteiger partial charge in [-0.25, -0.2) is 9.97 Å². The Morgan fingerprint density at radius 3 is 2.75 bits per heavy atom. The third kappa shape index (κ3) is 3.30. The number of carboxylic acid groups (broad SMARTS) is 1. The lowest BCUT2D eigenvalue weighted by molar-refractivity contribution is -0.137. The summed E-state index contributed by atoms with van der Waals surface area (Å²) in [5.74, 6) is -0.155. The quantitative estimate of drug-likeness (QED) is 0.389. The first kappa shape index (κ1) is 18.0. The fraction of sp³-hybridized carbons (Fsp3) is 0.143. The Morgan fingerprint density at radius 1 is 1.14 bits per heavy atom. The number of rotatable bonds is 6. The Kier molecular flexibility index (Phi) is 4.96. The number of hydrogen-bond acceptors (Lipinski definition) is 5. The van der Waals surface area contributed by atoms with Crippen LogP contribution in [0.5, 0.6) is 0 Å². The lowest BCUT2D eigenvalue weighted by Gasteiger charge is -2.12. The van der Waals surface area contributed by atoms with Gasteiger partial charge in [-0.05, 0) is 30.7 Å². The van der Waals surface area contributed by atoms with E-state index < -0.39 is 5.97 Å². The van der Waals surface area contributed by atoms with Gasteiger partial charge in [-0.3, -0.25) is 9.36 Å². The van der Waals surface area contributed by atoms with Crippen LogP contribution in [0.25, 0.3) is 27.6 Å². The molecule has 0 fully saturated rings. The van der Waals surface area contributed by atoms with Crippen molar-refractivity contribution in [1.82, 2.24) is 14.5 Å². The molecule has 4 aromatic rings. The molecule has 28 heavy (non-hydrogen) atoms. The summed E-state index contributed by atoms with van der Waals surface area (Å²) in [4.78, 5) is 19.8. The highest BCUT2D eigenvalue weighted by Gasteiger charge is 2.16. The Morgan fingerprint density at radius 2 is 1.96 bits per heavy atom. The predicted octanol–water partition coefficient (Wildman–Crippen LogP) is 4.40. The maximum Gasteiger partial charge on any atom is 0.303 e. The molecule has 0 saturated heterocycles. The predicted molar refractivity (Wildman–Crippen MR) is 109 cm³/mol. The summed E-state index contributed by atoms with van der Waals surface area (Å²) < 4.78 is 2.04. The van der Waals surface area contributed by atoms with Crippen LogP contribution in [0.15, 0.2) is 59.9 Å².